The molecule has 0 bridgehead atoms. The maximum Gasteiger partial charge on any atom is 0.197 e. The molecule has 53 heavy (non-hydrogen) atoms. The van der Waals surface area contributed by atoms with Gasteiger partial charge < -0.3 is 89.0 Å². The summed E-state index contributed by atoms with van der Waals surface area (Å²) in [5.74, 6) is -0.982. The first-order chi connectivity index (χ1) is 25.2. The lowest BCUT2D eigenvalue weighted by Crippen LogP contribution is -2.65. The van der Waals surface area contributed by atoms with Crippen LogP contribution < -0.4 is 10.2 Å². The molecular weight excluding hydrogens is 712 g/mol. The second kappa shape index (κ2) is 15.7. The summed E-state index contributed by atoms with van der Waals surface area (Å²) < 4.78 is 40.3. The van der Waals surface area contributed by atoms with Gasteiger partial charge in [-0.3, -0.25) is 4.79 Å². The Kier molecular flexibility index (Phi) is 11.6. The van der Waals surface area contributed by atoms with Gasteiger partial charge >= 0.3 is 0 Å². The molecule has 3 fully saturated rings. The molecule has 3 saturated heterocycles. The van der Waals surface area contributed by atoms with E-state index in [0.29, 0.717) is 11.3 Å². The summed E-state index contributed by atoms with van der Waals surface area (Å²) in [6.45, 7) is -0.382. The molecule has 6 rings (SSSR count). The number of rotatable bonds is 9. The summed E-state index contributed by atoms with van der Waals surface area (Å²) in [7, 11) is 1.46. The SMILES string of the molecule is COc1ccc(-c2cc(=O)c3c(O)cc(O)c([C@@H]4OC(CO)[C@@H](O)[C@H](O)C4O[C@@H]4OC(CO)[C@@H](O)[C@H](O)C4O[C@@H]4OC(C)[C@H](O)C(O)[C@@H]4O)c3o2)cc1. The molecule has 3 aliphatic heterocycles. The highest BCUT2D eigenvalue weighted by atomic mass is 16.8. The van der Waals surface area contributed by atoms with Gasteiger partial charge in [0.25, 0.3) is 0 Å². The Morgan fingerprint density at radius 2 is 1.28 bits per heavy atom. The Hall–Kier alpha value is -3.51. The maximum absolute atomic E-state index is 13.5. The third-order valence-electron chi connectivity index (χ3n) is 9.74. The van der Waals surface area contributed by atoms with Gasteiger partial charge in [-0.15, -0.1) is 0 Å². The quantitative estimate of drug-likeness (QED) is 0.104. The van der Waals surface area contributed by atoms with Crippen LogP contribution in [0.3, 0.4) is 0 Å². The standard InChI is InChI=1S/C34H42O19/c1-11-22(40)25(43)28(46)33(48-11)53-32-27(45)24(42)19(10-36)51-34(32)52-31-26(44)23(41)18(9-35)50-30(31)21-15(38)7-14(37)20-16(39)8-17(49-29(20)21)12-3-5-13(47-2)6-4-12/h3-8,11,18-19,22-28,30-38,40-46H,9-10H2,1-2H3/t11?,18?,19?,22-,23+,24+,25?,26-,27-,28-,30-,31?,32?,33-,34-/m0/s1. The lowest BCUT2D eigenvalue weighted by Gasteiger charge is -2.48. The fraction of sp³-hybridized carbons (Fsp3) is 0.559. The van der Waals surface area contributed by atoms with E-state index in [1.165, 1.54) is 14.0 Å². The van der Waals surface area contributed by atoms with E-state index in [4.69, 9.17) is 32.8 Å². The van der Waals surface area contributed by atoms with E-state index in [0.717, 1.165) is 12.1 Å². The van der Waals surface area contributed by atoms with Crippen LogP contribution in [-0.2, 0) is 23.7 Å². The minimum absolute atomic E-state index is 0.0384. The Bertz CT molecular complexity index is 1780. The number of aromatic hydroxyl groups is 2. The number of ether oxygens (including phenoxy) is 6. The number of aliphatic hydroxyl groups is 9. The molecule has 292 valence electrons. The molecule has 3 aromatic rings. The van der Waals surface area contributed by atoms with Gasteiger partial charge in [0.05, 0.1) is 32.0 Å². The van der Waals surface area contributed by atoms with E-state index in [1.807, 2.05) is 0 Å². The number of phenols is 2. The van der Waals surface area contributed by atoms with E-state index in [9.17, 15) is 61.0 Å². The number of aliphatic hydroxyl groups excluding tert-OH is 9. The summed E-state index contributed by atoms with van der Waals surface area (Å²) in [6.07, 6.45) is -26.3. The molecule has 15 atom stereocenters. The van der Waals surface area contributed by atoms with Gasteiger partial charge in [0.15, 0.2) is 23.6 Å². The van der Waals surface area contributed by atoms with Crippen molar-refractivity contribution in [3.05, 3.63) is 52.2 Å². The predicted molar refractivity (Wildman–Crippen MR) is 174 cm³/mol. The van der Waals surface area contributed by atoms with Gasteiger partial charge in [-0.05, 0) is 31.2 Å². The van der Waals surface area contributed by atoms with Crippen molar-refractivity contribution in [1.82, 2.24) is 0 Å². The van der Waals surface area contributed by atoms with Crippen LogP contribution in [0.4, 0.5) is 0 Å². The molecule has 0 amide bonds. The van der Waals surface area contributed by atoms with Gasteiger partial charge in [-0.25, -0.2) is 0 Å². The van der Waals surface area contributed by atoms with Crippen LogP contribution in [-0.4, -0.2) is 162 Å². The normalized spacial score (nSPS) is 37.8. The zero-order valence-corrected chi connectivity index (χ0v) is 28.2. The van der Waals surface area contributed by atoms with Gasteiger partial charge in [0.1, 0.15) is 102 Å². The summed E-state index contributed by atoms with van der Waals surface area (Å²) in [5.41, 5.74) is -1.23. The van der Waals surface area contributed by atoms with E-state index in [2.05, 4.69) is 0 Å². The molecule has 0 aliphatic carbocycles. The van der Waals surface area contributed by atoms with Crippen LogP contribution in [0, 0.1) is 0 Å². The van der Waals surface area contributed by atoms with Crippen LogP contribution in [0.5, 0.6) is 17.2 Å². The van der Waals surface area contributed by atoms with Gasteiger partial charge in [0.2, 0.25) is 0 Å². The minimum atomic E-state index is -2.01. The minimum Gasteiger partial charge on any atom is -0.507 e. The molecule has 11 N–H and O–H groups in total. The van der Waals surface area contributed by atoms with Crippen molar-refractivity contribution in [3.8, 4) is 28.6 Å². The first-order valence-corrected chi connectivity index (χ1v) is 16.6. The maximum atomic E-state index is 13.5. The zero-order chi connectivity index (χ0) is 38.5. The first kappa shape index (κ1) is 39.2. The number of hydrogen-bond donors (Lipinski definition) is 11. The fourth-order valence-electron chi connectivity index (χ4n) is 6.72. The molecule has 19 heteroatoms. The zero-order valence-electron chi connectivity index (χ0n) is 28.2. The molecule has 6 unspecified atom stereocenters. The lowest BCUT2D eigenvalue weighted by atomic mass is 9.89. The van der Waals surface area contributed by atoms with Crippen LogP contribution in [0.2, 0.25) is 0 Å². The first-order valence-electron chi connectivity index (χ1n) is 16.6. The topological polar surface area (TPSA) is 308 Å². The summed E-state index contributed by atoms with van der Waals surface area (Å²) in [5, 5.41) is 117. The van der Waals surface area contributed by atoms with Crippen LogP contribution in [0.1, 0.15) is 18.6 Å². The van der Waals surface area contributed by atoms with Gasteiger partial charge in [-0.2, -0.15) is 0 Å². The smallest absolute Gasteiger partial charge is 0.197 e. The summed E-state index contributed by atoms with van der Waals surface area (Å²) in [4.78, 5) is 13.5. The number of hydrogen-bond acceptors (Lipinski definition) is 19. The monoisotopic (exact) mass is 754 g/mol. The van der Waals surface area contributed by atoms with Crippen LogP contribution in [0.25, 0.3) is 22.3 Å². The molecule has 2 aromatic carbocycles. The molecule has 1 aromatic heterocycles. The Balaban J connectivity index is 1.45. The Morgan fingerprint density at radius 3 is 1.91 bits per heavy atom. The van der Waals surface area contributed by atoms with Crippen molar-refractivity contribution in [2.24, 2.45) is 0 Å². The Morgan fingerprint density at radius 1 is 0.679 bits per heavy atom. The van der Waals surface area contributed by atoms with Crippen molar-refractivity contribution >= 4 is 11.0 Å². The molecule has 19 nitrogen and oxygen atoms in total. The van der Waals surface area contributed by atoms with Gasteiger partial charge in [-0.1, -0.05) is 0 Å². The largest absolute Gasteiger partial charge is 0.507 e. The van der Waals surface area contributed by atoms with E-state index in [-0.39, 0.29) is 5.76 Å². The highest BCUT2D eigenvalue weighted by Gasteiger charge is 2.54. The summed E-state index contributed by atoms with van der Waals surface area (Å²) in [6, 6.07) is 8.22. The highest BCUT2D eigenvalue weighted by molar-refractivity contribution is 5.89. The second-order valence-corrected chi connectivity index (χ2v) is 13.1. The van der Waals surface area contributed by atoms with E-state index in [1.54, 1.807) is 24.3 Å². The van der Waals surface area contributed by atoms with Crippen molar-refractivity contribution < 1.29 is 89.0 Å². The van der Waals surface area contributed by atoms with E-state index < -0.39 is 139 Å². The van der Waals surface area contributed by atoms with E-state index >= 15 is 0 Å². The molecular formula is C34H42O19. The second-order valence-electron chi connectivity index (χ2n) is 13.1. The molecule has 0 radical (unpaired) electrons. The van der Waals surface area contributed by atoms with Crippen molar-refractivity contribution in [3.63, 3.8) is 0 Å². The highest BCUT2D eigenvalue weighted by Crippen LogP contribution is 2.45. The number of fused-ring (bicyclic) bond motifs is 1. The average molecular weight is 755 g/mol. The van der Waals surface area contributed by atoms with Crippen molar-refractivity contribution in [1.29, 1.82) is 0 Å². The lowest BCUT2D eigenvalue weighted by molar-refractivity contribution is -0.381. The average Bonchev–Trinajstić information content (AvgIpc) is 3.14. The third kappa shape index (κ3) is 7.22. The van der Waals surface area contributed by atoms with Crippen molar-refractivity contribution in [2.45, 2.75) is 98.9 Å². The number of phenolic OH excluding ortho intramolecular Hbond substituents is 2. The number of benzene rings is 2. The molecule has 0 spiro atoms. The Labute approximate surface area is 299 Å². The third-order valence-corrected chi connectivity index (χ3v) is 9.74. The van der Waals surface area contributed by atoms with Crippen LogP contribution in [0.15, 0.2) is 45.6 Å². The predicted octanol–water partition coefficient (Wildman–Crippen LogP) is -2.93. The number of methoxy groups -OCH3 is 1. The molecule has 0 saturated carbocycles. The molecule has 4 heterocycles. The fourth-order valence-corrected chi connectivity index (χ4v) is 6.72. The summed E-state index contributed by atoms with van der Waals surface area (Å²) >= 11 is 0. The van der Waals surface area contributed by atoms with Crippen LogP contribution >= 0.6 is 0 Å². The molecule has 3 aliphatic rings. The van der Waals surface area contributed by atoms with Gasteiger partial charge in [0, 0.05) is 17.7 Å². The van der Waals surface area contributed by atoms with Crippen molar-refractivity contribution in [2.75, 3.05) is 20.3 Å².